The van der Waals surface area contributed by atoms with E-state index in [-0.39, 0.29) is 12.6 Å². The van der Waals surface area contributed by atoms with E-state index in [4.69, 9.17) is 15.6 Å². The van der Waals surface area contributed by atoms with Gasteiger partial charge in [0.25, 0.3) is 0 Å². The van der Waals surface area contributed by atoms with Crippen LogP contribution in [0.5, 0.6) is 0 Å². The van der Waals surface area contributed by atoms with Crippen molar-refractivity contribution in [3.05, 3.63) is 0 Å². The van der Waals surface area contributed by atoms with Crippen molar-refractivity contribution in [3.63, 3.8) is 0 Å². The Hall–Kier alpha value is -0.160. The molecule has 1 heterocycles. The number of nitrogens with two attached hydrogens (primary N) is 1. The molecule has 0 radical (unpaired) electrons. The lowest BCUT2D eigenvalue weighted by atomic mass is 9.96. The molecule has 0 amide bonds. The Morgan fingerprint density at radius 3 is 2.73 bits per heavy atom. The molecule has 0 aliphatic carbocycles. The average molecular weight is 216 g/mol. The molecular weight excluding hydrogens is 192 g/mol. The molecule has 0 aromatic rings. The van der Waals surface area contributed by atoms with Gasteiger partial charge in [0, 0.05) is 25.8 Å². The Labute approximate surface area is 92.4 Å². The van der Waals surface area contributed by atoms with E-state index >= 15 is 0 Å². The first kappa shape index (κ1) is 12.9. The van der Waals surface area contributed by atoms with Gasteiger partial charge in [0.1, 0.15) is 0 Å². The number of hydrogen-bond donors (Lipinski definition) is 2. The summed E-state index contributed by atoms with van der Waals surface area (Å²) in [5, 5.41) is 8.83. The summed E-state index contributed by atoms with van der Waals surface area (Å²) in [4.78, 5) is 2.20. The second-order valence-corrected chi connectivity index (χ2v) is 4.55. The molecule has 0 bridgehead atoms. The Morgan fingerprint density at radius 2 is 2.13 bits per heavy atom. The van der Waals surface area contributed by atoms with Gasteiger partial charge in [-0.2, -0.15) is 0 Å². The third-order valence-electron chi connectivity index (χ3n) is 3.04. The van der Waals surface area contributed by atoms with Gasteiger partial charge in [-0.15, -0.1) is 0 Å². The molecule has 0 aromatic carbocycles. The third-order valence-corrected chi connectivity index (χ3v) is 3.04. The summed E-state index contributed by atoms with van der Waals surface area (Å²) in [6.45, 7) is 3.76. The van der Waals surface area contributed by atoms with Gasteiger partial charge < -0.3 is 20.5 Å². The Kier molecular flexibility index (Phi) is 6.17. The molecular formula is C11H24N2O2. The van der Waals surface area contributed by atoms with Gasteiger partial charge in [0.15, 0.2) is 0 Å². The van der Waals surface area contributed by atoms with Crippen LogP contribution in [-0.4, -0.2) is 56.0 Å². The van der Waals surface area contributed by atoms with Crippen molar-refractivity contribution < 1.29 is 9.84 Å². The van der Waals surface area contributed by atoms with Crippen LogP contribution in [0, 0.1) is 5.92 Å². The summed E-state index contributed by atoms with van der Waals surface area (Å²) in [5.41, 5.74) is 5.67. The smallest absolute Gasteiger partial charge is 0.0595 e. The average Bonchev–Trinajstić information content (AvgIpc) is 2.27. The number of aliphatic hydroxyl groups excluding tert-OH is 1. The van der Waals surface area contributed by atoms with Crippen molar-refractivity contribution in [1.82, 2.24) is 4.90 Å². The molecule has 1 aliphatic heterocycles. The number of rotatable bonds is 6. The van der Waals surface area contributed by atoms with Crippen LogP contribution in [0.3, 0.4) is 0 Å². The van der Waals surface area contributed by atoms with E-state index in [0.29, 0.717) is 0 Å². The fraction of sp³-hybridized carbons (Fsp3) is 1.00. The van der Waals surface area contributed by atoms with Gasteiger partial charge in [-0.05, 0) is 38.8 Å². The van der Waals surface area contributed by atoms with E-state index in [1.54, 1.807) is 0 Å². The van der Waals surface area contributed by atoms with Crippen LogP contribution >= 0.6 is 0 Å². The molecule has 4 heteroatoms. The molecule has 90 valence electrons. The maximum Gasteiger partial charge on any atom is 0.0595 e. The lowest BCUT2D eigenvalue weighted by Crippen LogP contribution is -2.38. The second-order valence-electron chi connectivity index (χ2n) is 4.55. The predicted molar refractivity (Wildman–Crippen MR) is 60.7 cm³/mol. The third kappa shape index (κ3) is 5.47. The van der Waals surface area contributed by atoms with Crippen LogP contribution in [0.15, 0.2) is 0 Å². The van der Waals surface area contributed by atoms with Gasteiger partial charge in [0.2, 0.25) is 0 Å². The molecule has 3 N–H and O–H groups in total. The van der Waals surface area contributed by atoms with Gasteiger partial charge >= 0.3 is 0 Å². The zero-order valence-electron chi connectivity index (χ0n) is 9.69. The molecule has 0 aromatic heterocycles. The molecule has 1 rings (SSSR count). The quantitative estimate of drug-likeness (QED) is 0.659. The van der Waals surface area contributed by atoms with Crippen LogP contribution in [0.4, 0.5) is 0 Å². The highest BCUT2D eigenvalue weighted by molar-refractivity contribution is 4.68. The van der Waals surface area contributed by atoms with Crippen LogP contribution in [0.2, 0.25) is 0 Å². The SMILES string of the molecule is CN(CCC1CCOCC1)CC(N)CO. The molecule has 1 aliphatic rings. The van der Waals surface area contributed by atoms with E-state index in [1.807, 2.05) is 0 Å². The highest BCUT2D eigenvalue weighted by atomic mass is 16.5. The van der Waals surface area contributed by atoms with Crippen molar-refractivity contribution in [2.45, 2.75) is 25.3 Å². The zero-order chi connectivity index (χ0) is 11.1. The van der Waals surface area contributed by atoms with E-state index in [2.05, 4.69) is 11.9 Å². The van der Waals surface area contributed by atoms with Gasteiger partial charge in [-0.25, -0.2) is 0 Å². The zero-order valence-corrected chi connectivity index (χ0v) is 9.69. The first-order valence-electron chi connectivity index (χ1n) is 5.85. The highest BCUT2D eigenvalue weighted by Crippen LogP contribution is 2.18. The lowest BCUT2D eigenvalue weighted by molar-refractivity contribution is 0.0606. The number of aliphatic hydroxyl groups is 1. The summed E-state index contributed by atoms with van der Waals surface area (Å²) in [7, 11) is 2.06. The maximum absolute atomic E-state index is 8.83. The molecule has 0 spiro atoms. The normalized spacial score (nSPS) is 20.8. The lowest BCUT2D eigenvalue weighted by Gasteiger charge is -2.25. The summed E-state index contributed by atoms with van der Waals surface area (Å²) in [6.07, 6.45) is 3.61. The summed E-state index contributed by atoms with van der Waals surface area (Å²) < 4.78 is 5.32. The topological polar surface area (TPSA) is 58.7 Å². The first-order chi connectivity index (χ1) is 7.22. The van der Waals surface area contributed by atoms with Crippen molar-refractivity contribution in [3.8, 4) is 0 Å². The molecule has 1 fully saturated rings. The standard InChI is InChI=1S/C11H24N2O2/c1-13(8-11(12)9-14)5-2-10-3-6-15-7-4-10/h10-11,14H,2-9,12H2,1H3. The van der Waals surface area contributed by atoms with E-state index in [0.717, 1.165) is 32.2 Å². The fourth-order valence-electron chi connectivity index (χ4n) is 1.99. The monoisotopic (exact) mass is 216 g/mol. The number of nitrogens with zero attached hydrogens (tertiary/aromatic N) is 1. The molecule has 1 atom stereocenters. The maximum atomic E-state index is 8.83. The number of ether oxygens (including phenoxy) is 1. The van der Waals surface area contributed by atoms with Crippen LogP contribution in [-0.2, 0) is 4.74 Å². The first-order valence-corrected chi connectivity index (χ1v) is 5.85. The molecule has 4 nitrogen and oxygen atoms in total. The predicted octanol–water partition coefficient (Wildman–Crippen LogP) is 0.0545. The molecule has 1 saturated heterocycles. The van der Waals surface area contributed by atoms with Crippen molar-refractivity contribution in [1.29, 1.82) is 0 Å². The Morgan fingerprint density at radius 1 is 1.47 bits per heavy atom. The minimum Gasteiger partial charge on any atom is -0.395 e. The van der Waals surface area contributed by atoms with Crippen LogP contribution in [0.1, 0.15) is 19.3 Å². The fourth-order valence-corrected chi connectivity index (χ4v) is 1.99. The molecule has 15 heavy (non-hydrogen) atoms. The van der Waals surface area contributed by atoms with Crippen LogP contribution in [0.25, 0.3) is 0 Å². The minimum atomic E-state index is -0.107. The van der Waals surface area contributed by atoms with Crippen molar-refractivity contribution in [2.24, 2.45) is 11.7 Å². The van der Waals surface area contributed by atoms with Gasteiger partial charge in [-0.3, -0.25) is 0 Å². The minimum absolute atomic E-state index is 0.0710. The number of likely N-dealkylation sites (N-methyl/N-ethyl adjacent to an activating group) is 1. The summed E-state index contributed by atoms with van der Waals surface area (Å²) in [5.74, 6) is 0.812. The Balaban J connectivity index is 2.07. The highest BCUT2D eigenvalue weighted by Gasteiger charge is 2.14. The van der Waals surface area contributed by atoms with Gasteiger partial charge in [0.05, 0.1) is 6.61 Å². The second kappa shape index (κ2) is 7.17. The van der Waals surface area contributed by atoms with E-state index in [9.17, 15) is 0 Å². The Bertz CT molecular complexity index is 161. The van der Waals surface area contributed by atoms with E-state index < -0.39 is 0 Å². The summed E-state index contributed by atoms with van der Waals surface area (Å²) >= 11 is 0. The van der Waals surface area contributed by atoms with E-state index in [1.165, 1.54) is 19.3 Å². The number of hydrogen-bond acceptors (Lipinski definition) is 4. The molecule has 0 saturated carbocycles. The van der Waals surface area contributed by atoms with Crippen molar-refractivity contribution >= 4 is 0 Å². The molecule has 1 unspecified atom stereocenters. The van der Waals surface area contributed by atoms with Crippen LogP contribution < -0.4 is 5.73 Å². The van der Waals surface area contributed by atoms with Gasteiger partial charge in [-0.1, -0.05) is 0 Å². The largest absolute Gasteiger partial charge is 0.395 e. The van der Waals surface area contributed by atoms with Crippen molar-refractivity contribution in [2.75, 3.05) is 40.0 Å². The summed E-state index contributed by atoms with van der Waals surface area (Å²) in [6, 6.07) is -0.107.